The van der Waals surface area contributed by atoms with Crippen molar-refractivity contribution in [3.05, 3.63) is 36.5 Å². The zero-order valence-electron chi connectivity index (χ0n) is 12.2. The maximum atomic E-state index is 4.54. The van der Waals surface area contributed by atoms with E-state index in [1.54, 1.807) is 0 Å². The Balaban J connectivity index is 1.59. The van der Waals surface area contributed by atoms with Crippen LogP contribution < -0.4 is 5.32 Å². The third kappa shape index (κ3) is 2.48. The molecule has 3 aromatic rings. The van der Waals surface area contributed by atoms with E-state index < -0.39 is 0 Å². The second-order valence-electron chi connectivity index (χ2n) is 6.17. The van der Waals surface area contributed by atoms with Gasteiger partial charge < -0.3 is 10.3 Å². The van der Waals surface area contributed by atoms with E-state index in [1.165, 1.54) is 48.4 Å². The molecule has 0 bridgehead atoms. The molecule has 1 aliphatic carbocycles. The highest BCUT2D eigenvalue weighted by molar-refractivity contribution is 6.07. The van der Waals surface area contributed by atoms with Crippen molar-refractivity contribution in [3.63, 3.8) is 0 Å². The molecule has 1 fully saturated rings. The molecule has 0 spiro atoms. The van der Waals surface area contributed by atoms with Gasteiger partial charge in [0.15, 0.2) is 0 Å². The number of hydrogen-bond acceptors (Lipinski definition) is 2. The summed E-state index contributed by atoms with van der Waals surface area (Å²) in [6.07, 6.45) is 8.86. The fourth-order valence-corrected chi connectivity index (χ4v) is 3.49. The van der Waals surface area contributed by atoms with Gasteiger partial charge in [-0.2, -0.15) is 0 Å². The lowest BCUT2D eigenvalue weighted by molar-refractivity contribution is 0.373. The molecule has 2 aromatic heterocycles. The summed E-state index contributed by atoms with van der Waals surface area (Å²) in [5.41, 5.74) is 2.29. The molecule has 0 saturated heterocycles. The van der Waals surface area contributed by atoms with Crippen molar-refractivity contribution in [2.45, 2.75) is 32.1 Å². The van der Waals surface area contributed by atoms with Crippen LogP contribution in [0.3, 0.4) is 0 Å². The lowest BCUT2D eigenvalue weighted by atomic mass is 9.89. The first-order chi connectivity index (χ1) is 10.4. The zero-order chi connectivity index (χ0) is 14.1. The van der Waals surface area contributed by atoms with Crippen LogP contribution >= 0.6 is 0 Å². The SMILES string of the molecule is c1ccc2c(c1)[nH]c1cnc(NCC3CCCCC3)cc12. The van der Waals surface area contributed by atoms with Crippen molar-refractivity contribution >= 4 is 27.6 Å². The lowest BCUT2D eigenvalue weighted by Gasteiger charge is -2.21. The minimum absolute atomic E-state index is 0.819. The molecule has 0 radical (unpaired) electrons. The molecule has 1 aliphatic rings. The standard InChI is InChI=1S/C18H21N3/c1-2-6-13(7-3-1)11-19-18-10-15-14-8-4-5-9-16(14)21-17(15)12-20-18/h4-5,8-10,12-13,21H,1-3,6-7,11H2,(H,19,20). The van der Waals surface area contributed by atoms with Crippen LogP contribution in [0.2, 0.25) is 0 Å². The number of aromatic nitrogens is 2. The van der Waals surface area contributed by atoms with Crippen molar-refractivity contribution < 1.29 is 0 Å². The lowest BCUT2D eigenvalue weighted by Crippen LogP contribution is -2.17. The van der Waals surface area contributed by atoms with E-state index in [9.17, 15) is 0 Å². The number of hydrogen-bond donors (Lipinski definition) is 2. The van der Waals surface area contributed by atoms with Crippen LogP contribution in [0.4, 0.5) is 5.82 Å². The molecule has 3 heteroatoms. The number of anilines is 1. The molecule has 0 atom stereocenters. The summed E-state index contributed by atoms with van der Waals surface area (Å²) in [5, 5.41) is 6.07. The summed E-state index contributed by atoms with van der Waals surface area (Å²) in [6, 6.07) is 10.6. The summed E-state index contributed by atoms with van der Waals surface area (Å²) in [5.74, 6) is 1.82. The third-order valence-corrected chi connectivity index (χ3v) is 4.69. The van der Waals surface area contributed by atoms with E-state index in [2.05, 4.69) is 45.6 Å². The molecule has 0 amide bonds. The molecule has 0 unspecified atom stereocenters. The average Bonchev–Trinajstić information content (AvgIpc) is 2.92. The first-order valence-electron chi connectivity index (χ1n) is 8.00. The number of para-hydroxylation sites is 1. The minimum atomic E-state index is 0.819. The Morgan fingerprint density at radius 2 is 1.90 bits per heavy atom. The Kier molecular flexibility index (Phi) is 3.26. The zero-order valence-corrected chi connectivity index (χ0v) is 12.2. The fourth-order valence-electron chi connectivity index (χ4n) is 3.49. The van der Waals surface area contributed by atoms with Crippen molar-refractivity contribution in [1.29, 1.82) is 0 Å². The summed E-state index contributed by atoms with van der Waals surface area (Å²) >= 11 is 0. The van der Waals surface area contributed by atoms with Gasteiger partial charge in [-0.15, -0.1) is 0 Å². The third-order valence-electron chi connectivity index (χ3n) is 4.69. The van der Waals surface area contributed by atoms with Crippen LogP contribution in [0.5, 0.6) is 0 Å². The Labute approximate surface area is 124 Å². The molecule has 108 valence electrons. The van der Waals surface area contributed by atoms with Crippen LogP contribution in [0.1, 0.15) is 32.1 Å². The predicted octanol–water partition coefficient (Wildman–Crippen LogP) is 4.71. The van der Waals surface area contributed by atoms with Gasteiger partial charge >= 0.3 is 0 Å². The van der Waals surface area contributed by atoms with Crippen LogP contribution in [0.15, 0.2) is 36.5 Å². The second-order valence-corrected chi connectivity index (χ2v) is 6.17. The number of benzene rings is 1. The van der Waals surface area contributed by atoms with Gasteiger partial charge in [0.25, 0.3) is 0 Å². The number of nitrogens with zero attached hydrogens (tertiary/aromatic N) is 1. The van der Waals surface area contributed by atoms with Crippen molar-refractivity contribution in [1.82, 2.24) is 9.97 Å². The molecular formula is C18H21N3. The molecule has 21 heavy (non-hydrogen) atoms. The first kappa shape index (κ1) is 12.7. The Morgan fingerprint density at radius 3 is 2.81 bits per heavy atom. The monoisotopic (exact) mass is 279 g/mol. The maximum absolute atomic E-state index is 4.54. The number of pyridine rings is 1. The number of aromatic amines is 1. The first-order valence-corrected chi connectivity index (χ1v) is 8.00. The summed E-state index contributed by atoms with van der Waals surface area (Å²) in [6.45, 7) is 1.06. The van der Waals surface area contributed by atoms with E-state index in [4.69, 9.17) is 0 Å². The summed E-state index contributed by atoms with van der Waals surface area (Å²) < 4.78 is 0. The highest BCUT2D eigenvalue weighted by Gasteiger charge is 2.13. The average molecular weight is 279 g/mol. The highest BCUT2D eigenvalue weighted by Crippen LogP contribution is 2.27. The van der Waals surface area contributed by atoms with Crippen LogP contribution in [-0.2, 0) is 0 Å². The molecule has 4 rings (SSSR count). The minimum Gasteiger partial charge on any atom is -0.370 e. The summed E-state index contributed by atoms with van der Waals surface area (Å²) in [7, 11) is 0. The quantitative estimate of drug-likeness (QED) is 0.729. The van der Waals surface area contributed by atoms with Gasteiger partial charge in [-0.25, -0.2) is 4.98 Å². The van der Waals surface area contributed by atoms with E-state index in [0.29, 0.717) is 0 Å². The molecule has 2 N–H and O–H groups in total. The van der Waals surface area contributed by atoms with Crippen molar-refractivity contribution in [2.24, 2.45) is 5.92 Å². The van der Waals surface area contributed by atoms with Crippen molar-refractivity contribution in [2.75, 3.05) is 11.9 Å². The number of fused-ring (bicyclic) bond motifs is 3. The molecule has 1 aromatic carbocycles. The van der Waals surface area contributed by atoms with E-state index >= 15 is 0 Å². The molecule has 1 saturated carbocycles. The Hall–Kier alpha value is -2.03. The van der Waals surface area contributed by atoms with Crippen LogP contribution in [0.25, 0.3) is 21.8 Å². The number of rotatable bonds is 3. The Bertz CT molecular complexity index is 753. The van der Waals surface area contributed by atoms with Crippen molar-refractivity contribution in [3.8, 4) is 0 Å². The topological polar surface area (TPSA) is 40.7 Å². The van der Waals surface area contributed by atoms with Gasteiger partial charge in [-0.1, -0.05) is 37.5 Å². The van der Waals surface area contributed by atoms with Crippen LogP contribution in [-0.4, -0.2) is 16.5 Å². The largest absolute Gasteiger partial charge is 0.370 e. The smallest absolute Gasteiger partial charge is 0.126 e. The van der Waals surface area contributed by atoms with Gasteiger partial charge in [0.2, 0.25) is 0 Å². The summed E-state index contributed by atoms with van der Waals surface area (Å²) in [4.78, 5) is 7.96. The van der Waals surface area contributed by atoms with E-state index in [1.807, 2.05) is 6.20 Å². The van der Waals surface area contributed by atoms with Crippen LogP contribution in [0, 0.1) is 5.92 Å². The molecular weight excluding hydrogens is 258 g/mol. The second kappa shape index (κ2) is 5.40. The maximum Gasteiger partial charge on any atom is 0.126 e. The van der Waals surface area contributed by atoms with Gasteiger partial charge in [0, 0.05) is 22.8 Å². The number of H-pyrrole nitrogens is 1. The van der Waals surface area contributed by atoms with Gasteiger partial charge in [-0.05, 0) is 30.9 Å². The molecule has 2 heterocycles. The fraction of sp³-hybridized carbons (Fsp3) is 0.389. The van der Waals surface area contributed by atoms with Gasteiger partial charge in [-0.3, -0.25) is 0 Å². The van der Waals surface area contributed by atoms with E-state index in [-0.39, 0.29) is 0 Å². The highest BCUT2D eigenvalue weighted by atomic mass is 15.0. The predicted molar refractivity (Wildman–Crippen MR) is 88.7 cm³/mol. The number of nitrogens with one attached hydrogen (secondary N) is 2. The van der Waals surface area contributed by atoms with Gasteiger partial charge in [0.1, 0.15) is 5.82 Å². The molecule has 0 aliphatic heterocycles. The molecule has 3 nitrogen and oxygen atoms in total. The van der Waals surface area contributed by atoms with Gasteiger partial charge in [0.05, 0.1) is 11.7 Å². The normalized spacial score (nSPS) is 16.6. The van der Waals surface area contributed by atoms with E-state index in [0.717, 1.165) is 23.8 Å². The Morgan fingerprint density at radius 1 is 1.05 bits per heavy atom.